The van der Waals surface area contributed by atoms with E-state index in [0.717, 1.165) is 5.56 Å². The number of aliphatic hydroxyl groups excluding tert-OH is 1. The highest BCUT2D eigenvalue weighted by molar-refractivity contribution is 5.36. The molecule has 0 amide bonds. The SMILES string of the molecule is COc1cccc(C(O)c2cc(C)ccn2)c1F. The lowest BCUT2D eigenvalue weighted by Gasteiger charge is -2.13. The van der Waals surface area contributed by atoms with Gasteiger partial charge in [-0.3, -0.25) is 4.98 Å². The summed E-state index contributed by atoms with van der Waals surface area (Å²) in [5, 5.41) is 10.2. The van der Waals surface area contributed by atoms with E-state index in [1.54, 1.807) is 18.3 Å². The molecule has 1 unspecified atom stereocenters. The highest BCUT2D eigenvalue weighted by Crippen LogP contribution is 2.28. The number of benzene rings is 1. The van der Waals surface area contributed by atoms with Crippen LogP contribution < -0.4 is 4.74 Å². The maximum atomic E-state index is 14.0. The summed E-state index contributed by atoms with van der Waals surface area (Å²) in [7, 11) is 1.39. The first-order valence-electron chi connectivity index (χ1n) is 5.56. The zero-order valence-electron chi connectivity index (χ0n) is 10.2. The van der Waals surface area contributed by atoms with Gasteiger partial charge in [0.05, 0.1) is 12.8 Å². The van der Waals surface area contributed by atoms with Gasteiger partial charge in [-0.2, -0.15) is 0 Å². The van der Waals surface area contributed by atoms with E-state index < -0.39 is 11.9 Å². The molecule has 0 fully saturated rings. The van der Waals surface area contributed by atoms with Gasteiger partial charge in [-0.25, -0.2) is 4.39 Å². The molecule has 0 aliphatic rings. The lowest BCUT2D eigenvalue weighted by molar-refractivity contribution is 0.208. The van der Waals surface area contributed by atoms with Crippen LogP contribution in [0.25, 0.3) is 0 Å². The van der Waals surface area contributed by atoms with Crippen LogP contribution in [0.4, 0.5) is 4.39 Å². The minimum Gasteiger partial charge on any atom is -0.494 e. The van der Waals surface area contributed by atoms with Gasteiger partial charge in [0.25, 0.3) is 0 Å². The summed E-state index contributed by atoms with van der Waals surface area (Å²) in [6, 6.07) is 8.21. The van der Waals surface area contributed by atoms with Crippen molar-refractivity contribution in [2.45, 2.75) is 13.0 Å². The second-order valence-corrected chi connectivity index (χ2v) is 4.02. The zero-order chi connectivity index (χ0) is 13.1. The lowest BCUT2D eigenvalue weighted by Crippen LogP contribution is -2.06. The molecule has 1 N–H and O–H groups in total. The van der Waals surface area contributed by atoms with E-state index in [-0.39, 0.29) is 11.3 Å². The van der Waals surface area contributed by atoms with Crippen molar-refractivity contribution in [1.82, 2.24) is 4.98 Å². The number of pyridine rings is 1. The molecule has 0 aliphatic carbocycles. The molecule has 1 aromatic heterocycles. The third-order valence-corrected chi connectivity index (χ3v) is 2.72. The van der Waals surface area contributed by atoms with E-state index in [1.807, 2.05) is 13.0 Å². The first-order valence-corrected chi connectivity index (χ1v) is 5.56. The van der Waals surface area contributed by atoms with E-state index in [0.29, 0.717) is 5.69 Å². The second-order valence-electron chi connectivity index (χ2n) is 4.02. The van der Waals surface area contributed by atoms with Crippen LogP contribution in [0.15, 0.2) is 36.5 Å². The summed E-state index contributed by atoms with van der Waals surface area (Å²) in [5.41, 5.74) is 1.54. The number of hydrogen-bond acceptors (Lipinski definition) is 3. The number of hydrogen-bond donors (Lipinski definition) is 1. The number of nitrogens with zero attached hydrogens (tertiary/aromatic N) is 1. The molecule has 0 saturated heterocycles. The Hall–Kier alpha value is -1.94. The van der Waals surface area contributed by atoms with Gasteiger partial charge in [-0.15, -0.1) is 0 Å². The average molecular weight is 247 g/mol. The van der Waals surface area contributed by atoms with Crippen molar-refractivity contribution in [1.29, 1.82) is 0 Å². The molecule has 0 spiro atoms. The van der Waals surface area contributed by atoms with Crippen LogP contribution in [0.1, 0.15) is 22.9 Å². The predicted octanol–water partition coefficient (Wildman–Crippen LogP) is 2.62. The molecule has 18 heavy (non-hydrogen) atoms. The van der Waals surface area contributed by atoms with E-state index in [4.69, 9.17) is 4.74 Å². The summed E-state index contributed by atoms with van der Waals surface area (Å²) in [6.07, 6.45) is 0.492. The monoisotopic (exact) mass is 247 g/mol. The molecule has 1 heterocycles. The van der Waals surface area contributed by atoms with Crippen LogP contribution in [0.5, 0.6) is 5.75 Å². The molecular formula is C14H14FNO2. The lowest BCUT2D eigenvalue weighted by atomic mass is 10.0. The molecule has 94 valence electrons. The maximum Gasteiger partial charge on any atom is 0.171 e. The first-order chi connectivity index (χ1) is 8.63. The van der Waals surface area contributed by atoms with E-state index in [1.165, 1.54) is 19.2 Å². The average Bonchev–Trinajstić information content (AvgIpc) is 2.38. The van der Waals surface area contributed by atoms with Crippen LogP contribution in [-0.2, 0) is 0 Å². The smallest absolute Gasteiger partial charge is 0.171 e. The normalized spacial score (nSPS) is 12.2. The Labute approximate surface area is 105 Å². The summed E-state index contributed by atoms with van der Waals surface area (Å²) >= 11 is 0. The number of ether oxygens (including phenoxy) is 1. The van der Waals surface area contributed by atoms with Crippen molar-refractivity contribution < 1.29 is 14.2 Å². The third-order valence-electron chi connectivity index (χ3n) is 2.72. The molecule has 2 rings (SSSR count). The molecule has 1 aromatic carbocycles. The van der Waals surface area contributed by atoms with Crippen molar-refractivity contribution in [2.75, 3.05) is 7.11 Å². The van der Waals surface area contributed by atoms with Gasteiger partial charge in [0, 0.05) is 11.8 Å². The maximum absolute atomic E-state index is 14.0. The Morgan fingerprint density at radius 3 is 2.78 bits per heavy atom. The molecular weight excluding hydrogens is 233 g/mol. The number of methoxy groups -OCH3 is 1. The van der Waals surface area contributed by atoms with E-state index in [2.05, 4.69) is 4.98 Å². The van der Waals surface area contributed by atoms with Crippen LogP contribution >= 0.6 is 0 Å². The number of aliphatic hydroxyl groups is 1. The van der Waals surface area contributed by atoms with Crippen LogP contribution in [0.3, 0.4) is 0 Å². The van der Waals surface area contributed by atoms with Gasteiger partial charge in [0.15, 0.2) is 11.6 Å². The molecule has 0 saturated carbocycles. The minimum absolute atomic E-state index is 0.110. The van der Waals surface area contributed by atoms with E-state index >= 15 is 0 Å². The Balaban J connectivity index is 2.43. The Morgan fingerprint density at radius 2 is 2.11 bits per heavy atom. The summed E-state index contributed by atoms with van der Waals surface area (Å²) in [5.74, 6) is -0.449. The first kappa shape index (κ1) is 12.5. The van der Waals surface area contributed by atoms with Gasteiger partial charge in [0.2, 0.25) is 0 Å². The van der Waals surface area contributed by atoms with Crippen LogP contribution in [0, 0.1) is 12.7 Å². The standard InChI is InChI=1S/C14H14FNO2/c1-9-6-7-16-11(8-9)14(17)10-4-3-5-12(18-2)13(10)15/h3-8,14,17H,1-2H3. The third kappa shape index (κ3) is 2.33. The van der Waals surface area contributed by atoms with Crippen molar-refractivity contribution in [2.24, 2.45) is 0 Å². The van der Waals surface area contributed by atoms with Crippen LogP contribution in [-0.4, -0.2) is 17.2 Å². The predicted molar refractivity (Wildman–Crippen MR) is 66.0 cm³/mol. The molecule has 0 radical (unpaired) electrons. The van der Waals surface area contributed by atoms with Gasteiger partial charge in [-0.05, 0) is 30.7 Å². The quantitative estimate of drug-likeness (QED) is 0.906. The summed E-state index contributed by atoms with van der Waals surface area (Å²) < 4.78 is 18.9. The number of aryl methyl sites for hydroxylation is 1. The van der Waals surface area contributed by atoms with Crippen molar-refractivity contribution >= 4 is 0 Å². The van der Waals surface area contributed by atoms with Crippen LogP contribution in [0.2, 0.25) is 0 Å². The fourth-order valence-corrected chi connectivity index (χ4v) is 1.76. The fourth-order valence-electron chi connectivity index (χ4n) is 1.76. The van der Waals surface area contributed by atoms with Gasteiger partial charge < -0.3 is 9.84 Å². The van der Waals surface area contributed by atoms with Gasteiger partial charge in [0.1, 0.15) is 6.10 Å². The molecule has 0 bridgehead atoms. The largest absolute Gasteiger partial charge is 0.494 e. The summed E-state index contributed by atoms with van der Waals surface area (Å²) in [4.78, 5) is 4.05. The zero-order valence-corrected chi connectivity index (χ0v) is 10.2. The number of aromatic nitrogens is 1. The van der Waals surface area contributed by atoms with Crippen molar-refractivity contribution in [3.8, 4) is 5.75 Å². The molecule has 2 aromatic rings. The van der Waals surface area contributed by atoms with E-state index in [9.17, 15) is 9.50 Å². The number of rotatable bonds is 3. The van der Waals surface area contributed by atoms with Gasteiger partial charge >= 0.3 is 0 Å². The Bertz CT molecular complexity index is 557. The van der Waals surface area contributed by atoms with Gasteiger partial charge in [-0.1, -0.05) is 12.1 Å². The molecule has 1 atom stereocenters. The minimum atomic E-state index is -1.10. The topological polar surface area (TPSA) is 42.4 Å². The second kappa shape index (κ2) is 5.14. The molecule has 0 aliphatic heterocycles. The van der Waals surface area contributed by atoms with Crippen molar-refractivity contribution in [3.05, 3.63) is 59.2 Å². The molecule has 3 nitrogen and oxygen atoms in total. The Kier molecular flexibility index (Phi) is 3.58. The highest BCUT2D eigenvalue weighted by atomic mass is 19.1. The Morgan fingerprint density at radius 1 is 1.33 bits per heavy atom. The number of halogens is 1. The fraction of sp³-hybridized carbons (Fsp3) is 0.214. The highest BCUT2D eigenvalue weighted by Gasteiger charge is 2.18. The molecule has 4 heteroatoms. The van der Waals surface area contributed by atoms with Crippen molar-refractivity contribution in [3.63, 3.8) is 0 Å². The summed E-state index contributed by atoms with van der Waals surface area (Å²) in [6.45, 7) is 1.89.